The molecule has 0 saturated carbocycles. The number of thioether (sulfide) groups is 1. The summed E-state index contributed by atoms with van der Waals surface area (Å²) in [4.78, 5) is 18.6. The Hall–Kier alpha value is -1.54. The number of rotatable bonds is 3. The highest BCUT2D eigenvalue weighted by molar-refractivity contribution is 8.16. The molecule has 0 bridgehead atoms. The van der Waals surface area contributed by atoms with E-state index in [-0.39, 0.29) is 35.1 Å². The lowest BCUT2D eigenvalue weighted by Crippen LogP contribution is -2.38. The van der Waals surface area contributed by atoms with E-state index in [1.54, 1.807) is 23.1 Å². The molecule has 0 N–H and O–H groups in total. The van der Waals surface area contributed by atoms with Crippen molar-refractivity contribution in [2.24, 2.45) is 4.99 Å². The van der Waals surface area contributed by atoms with Crippen molar-refractivity contribution < 1.29 is 13.2 Å². The number of nitrogens with zero attached hydrogens (tertiary/aromatic N) is 2. The van der Waals surface area contributed by atoms with Gasteiger partial charge in [0.2, 0.25) is 0 Å². The second-order valence-electron chi connectivity index (χ2n) is 6.72. The molecular formula is C19H16Cl2N2O3S2. The summed E-state index contributed by atoms with van der Waals surface area (Å²) >= 11 is 13.7. The third-order valence-corrected chi connectivity index (χ3v) is 8.40. The average molecular weight is 455 g/mol. The van der Waals surface area contributed by atoms with Crippen molar-refractivity contribution in [3.8, 4) is 0 Å². The summed E-state index contributed by atoms with van der Waals surface area (Å²) in [5.41, 5.74) is 1.48. The smallest absolute Gasteiger partial charge is 0.252 e. The molecule has 2 aliphatic rings. The Labute approximate surface area is 177 Å². The van der Waals surface area contributed by atoms with Gasteiger partial charge in [0, 0.05) is 10.3 Å². The van der Waals surface area contributed by atoms with Gasteiger partial charge in [-0.3, -0.25) is 4.79 Å². The lowest BCUT2D eigenvalue weighted by molar-refractivity contribution is -0.117. The molecule has 2 heterocycles. The monoisotopic (exact) mass is 454 g/mol. The number of amidine groups is 1. The van der Waals surface area contributed by atoms with Crippen molar-refractivity contribution in [3.05, 3.63) is 64.1 Å². The van der Waals surface area contributed by atoms with E-state index < -0.39 is 9.84 Å². The number of hydrogen-bond acceptors (Lipinski definition) is 4. The molecular weight excluding hydrogens is 439 g/mol. The number of carbonyl (C=O) groups excluding carboxylic acids is 1. The number of hydrogen-bond donors (Lipinski definition) is 0. The number of benzene rings is 2. The number of fused-ring (bicyclic) bond motifs is 1. The van der Waals surface area contributed by atoms with Crippen molar-refractivity contribution >= 4 is 61.6 Å². The van der Waals surface area contributed by atoms with Crippen LogP contribution >= 0.6 is 35.0 Å². The molecule has 2 saturated heterocycles. The SMILES string of the molecule is O=C(Cc1ccccc1)N=C1SC2CS(=O)(=O)CC2N1c1ccc(Cl)cc1Cl. The second-order valence-corrected chi connectivity index (χ2v) is 10.9. The molecule has 5 nitrogen and oxygen atoms in total. The van der Waals surface area contributed by atoms with E-state index >= 15 is 0 Å². The molecule has 1 amide bonds. The van der Waals surface area contributed by atoms with E-state index in [0.29, 0.717) is 20.9 Å². The summed E-state index contributed by atoms with van der Waals surface area (Å²) in [6.07, 6.45) is 0.181. The molecule has 4 rings (SSSR count). The Balaban J connectivity index is 1.68. The maximum absolute atomic E-state index is 12.5. The zero-order valence-corrected chi connectivity index (χ0v) is 17.7. The summed E-state index contributed by atoms with van der Waals surface area (Å²) in [6.45, 7) is 0. The number of sulfone groups is 1. The van der Waals surface area contributed by atoms with Crippen LogP contribution in [0.2, 0.25) is 10.0 Å². The molecule has 28 heavy (non-hydrogen) atoms. The Morgan fingerprint density at radius 3 is 2.61 bits per heavy atom. The summed E-state index contributed by atoms with van der Waals surface area (Å²) in [6, 6.07) is 14.1. The maximum atomic E-state index is 12.5. The Bertz CT molecular complexity index is 1060. The first-order valence-corrected chi connectivity index (χ1v) is 12.0. The molecule has 2 fully saturated rings. The molecule has 2 unspecified atom stereocenters. The quantitative estimate of drug-likeness (QED) is 0.704. The van der Waals surface area contributed by atoms with Crippen LogP contribution in [-0.4, -0.2) is 42.3 Å². The predicted molar refractivity (Wildman–Crippen MR) is 115 cm³/mol. The van der Waals surface area contributed by atoms with Gasteiger partial charge in [-0.05, 0) is 23.8 Å². The number of halogens is 2. The first kappa shape index (κ1) is 19.8. The van der Waals surface area contributed by atoms with E-state index in [1.807, 2.05) is 30.3 Å². The van der Waals surface area contributed by atoms with Crippen LogP contribution < -0.4 is 4.90 Å². The minimum Gasteiger partial charge on any atom is -0.314 e. The third-order valence-electron chi connectivity index (χ3n) is 4.65. The highest BCUT2D eigenvalue weighted by Gasteiger charge is 2.49. The lowest BCUT2D eigenvalue weighted by atomic mass is 10.1. The third kappa shape index (κ3) is 4.08. The first-order chi connectivity index (χ1) is 13.3. The predicted octanol–water partition coefficient (Wildman–Crippen LogP) is 3.84. The van der Waals surface area contributed by atoms with E-state index in [1.165, 1.54) is 11.8 Å². The van der Waals surface area contributed by atoms with E-state index in [0.717, 1.165) is 5.56 Å². The van der Waals surface area contributed by atoms with Crippen LogP contribution in [0.3, 0.4) is 0 Å². The molecule has 146 valence electrons. The highest BCUT2D eigenvalue weighted by Crippen LogP contribution is 2.43. The zero-order chi connectivity index (χ0) is 19.9. The first-order valence-electron chi connectivity index (χ1n) is 8.59. The van der Waals surface area contributed by atoms with Crippen molar-refractivity contribution in [1.29, 1.82) is 0 Å². The van der Waals surface area contributed by atoms with Crippen molar-refractivity contribution in [3.63, 3.8) is 0 Å². The van der Waals surface area contributed by atoms with Crippen LogP contribution in [0.5, 0.6) is 0 Å². The molecule has 2 aliphatic heterocycles. The Morgan fingerprint density at radius 1 is 1.14 bits per heavy atom. The Kier molecular flexibility index (Phi) is 5.44. The van der Waals surface area contributed by atoms with Gasteiger partial charge in [-0.2, -0.15) is 4.99 Å². The van der Waals surface area contributed by atoms with Gasteiger partial charge in [0.05, 0.1) is 34.7 Å². The molecule has 2 aromatic carbocycles. The summed E-state index contributed by atoms with van der Waals surface area (Å²) in [5, 5.41) is 1.17. The van der Waals surface area contributed by atoms with Gasteiger partial charge in [-0.1, -0.05) is 65.3 Å². The van der Waals surface area contributed by atoms with E-state index in [4.69, 9.17) is 23.2 Å². The molecule has 0 aromatic heterocycles. The highest BCUT2D eigenvalue weighted by atomic mass is 35.5. The molecule has 9 heteroatoms. The normalized spacial score (nSPS) is 24.5. The number of aliphatic imine (C=N–C) groups is 1. The molecule has 0 aliphatic carbocycles. The summed E-state index contributed by atoms with van der Waals surface area (Å²) < 4.78 is 24.3. The topological polar surface area (TPSA) is 66.8 Å². The van der Waals surface area contributed by atoms with Gasteiger partial charge >= 0.3 is 0 Å². The minimum atomic E-state index is -3.14. The van der Waals surface area contributed by atoms with Gasteiger partial charge in [0.1, 0.15) is 0 Å². The van der Waals surface area contributed by atoms with Crippen LogP contribution in [0.1, 0.15) is 5.56 Å². The largest absolute Gasteiger partial charge is 0.314 e. The zero-order valence-electron chi connectivity index (χ0n) is 14.6. The minimum absolute atomic E-state index is 0.00944. The standard InChI is InChI=1S/C19H16Cl2N2O3S2/c20-13-6-7-15(14(21)9-13)23-16-10-28(25,26)11-17(16)27-19(23)22-18(24)8-12-4-2-1-3-5-12/h1-7,9,16-17H,8,10-11H2. The molecule has 0 spiro atoms. The fraction of sp³-hybridized carbons (Fsp3) is 0.263. The summed E-state index contributed by atoms with van der Waals surface area (Å²) in [7, 11) is -3.14. The second kappa shape index (κ2) is 7.71. The molecule has 2 atom stereocenters. The van der Waals surface area contributed by atoms with Gasteiger partial charge < -0.3 is 4.90 Å². The number of amides is 1. The van der Waals surface area contributed by atoms with Gasteiger partial charge in [-0.15, -0.1) is 0 Å². The average Bonchev–Trinajstić information content (AvgIpc) is 3.07. The van der Waals surface area contributed by atoms with Gasteiger partial charge in [-0.25, -0.2) is 8.42 Å². The van der Waals surface area contributed by atoms with E-state index in [9.17, 15) is 13.2 Å². The molecule has 0 radical (unpaired) electrons. The van der Waals surface area contributed by atoms with Crippen LogP contribution in [0.25, 0.3) is 0 Å². The van der Waals surface area contributed by atoms with Gasteiger partial charge in [0.25, 0.3) is 5.91 Å². The van der Waals surface area contributed by atoms with Crippen LogP contribution in [0, 0.1) is 0 Å². The lowest BCUT2D eigenvalue weighted by Gasteiger charge is -2.25. The van der Waals surface area contributed by atoms with E-state index in [2.05, 4.69) is 4.99 Å². The van der Waals surface area contributed by atoms with Gasteiger partial charge in [0.15, 0.2) is 15.0 Å². The fourth-order valence-electron chi connectivity index (χ4n) is 3.44. The molecule has 2 aromatic rings. The van der Waals surface area contributed by atoms with Crippen molar-refractivity contribution in [2.45, 2.75) is 17.7 Å². The maximum Gasteiger partial charge on any atom is 0.252 e. The number of carbonyl (C=O) groups is 1. The van der Waals surface area contributed by atoms with Crippen LogP contribution in [0.4, 0.5) is 5.69 Å². The summed E-state index contributed by atoms with van der Waals surface area (Å²) in [5.74, 6) is -0.211. The Morgan fingerprint density at radius 2 is 1.89 bits per heavy atom. The van der Waals surface area contributed by atoms with Crippen molar-refractivity contribution in [2.75, 3.05) is 16.4 Å². The van der Waals surface area contributed by atoms with Crippen molar-refractivity contribution in [1.82, 2.24) is 0 Å². The van der Waals surface area contributed by atoms with Crippen LogP contribution in [-0.2, 0) is 21.1 Å². The fourth-order valence-corrected chi connectivity index (χ4v) is 7.86. The van der Waals surface area contributed by atoms with Crippen LogP contribution in [0.15, 0.2) is 53.5 Å². The number of anilines is 1.